The molecule has 1 saturated heterocycles. The fourth-order valence-corrected chi connectivity index (χ4v) is 1.50. The molecule has 1 rings (SSSR count). The van der Waals surface area contributed by atoms with E-state index in [2.05, 4.69) is 0 Å². The van der Waals surface area contributed by atoms with Gasteiger partial charge < -0.3 is 0 Å². The van der Waals surface area contributed by atoms with Crippen molar-refractivity contribution < 1.29 is 9.18 Å². The minimum atomic E-state index is -0.413. The predicted molar refractivity (Wildman–Crippen MR) is 41.1 cm³/mol. The third-order valence-corrected chi connectivity index (χ3v) is 2.39. The molecule has 0 unspecified atom stereocenters. The van der Waals surface area contributed by atoms with Gasteiger partial charge in [0.25, 0.3) is 0 Å². The first-order valence-electron chi connectivity index (χ1n) is 3.71. The van der Waals surface area contributed by atoms with Crippen LogP contribution >= 0.6 is 11.6 Å². The molecule has 0 atom stereocenters. The van der Waals surface area contributed by atoms with Gasteiger partial charge in [-0.25, -0.2) is 4.39 Å². The first-order valence-corrected chi connectivity index (χ1v) is 4.09. The second kappa shape index (κ2) is 4.02. The highest BCUT2D eigenvalue weighted by Gasteiger charge is 2.22. The normalized spacial score (nSPS) is 22.0. The van der Waals surface area contributed by atoms with E-state index in [0.29, 0.717) is 25.9 Å². The molecule has 0 N–H and O–H groups in total. The maximum Gasteiger partial charge on any atom is 0.224 e. The number of halogens is 2. The number of alkyl halides is 1. The summed E-state index contributed by atoms with van der Waals surface area (Å²) >= 11 is 5.30. The second-order valence-corrected chi connectivity index (χ2v) is 3.19. The Bertz CT molecular complexity index is 145. The quantitative estimate of drug-likeness (QED) is 0.472. The van der Waals surface area contributed by atoms with Gasteiger partial charge in [-0.3, -0.25) is 9.69 Å². The van der Waals surface area contributed by atoms with Crippen LogP contribution in [0.25, 0.3) is 0 Å². The van der Waals surface area contributed by atoms with Gasteiger partial charge in [0.15, 0.2) is 0 Å². The maximum atomic E-state index is 12.0. The van der Waals surface area contributed by atoms with E-state index in [4.69, 9.17) is 11.6 Å². The average Bonchev–Trinajstić information content (AvgIpc) is 2.05. The van der Waals surface area contributed by atoms with E-state index in [-0.39, 0.29) is 11.2 Å². The van der Waals surface area contributed by atoms with Crippen LogP contribution in [-0.4, -0.2) is 30.0 Å². The van der Waals surface area contributed by atoms with Crippen LogP contribution in [0.4, 0.5) is 4.39 Å². The van der Waals surface area contributed by atoms with Crippen molar-refractivity contribution >= 4 is 16.8 Å². The van der Waals surface area contributed by atoms with Gasteiger partial charge in [0.1, 0.15) is 6.80 Å². The van der Waals surface area contributed by atoms with E-state index >= 15 is 0 Å². The summed E-state index contributed by atoms with van der Waals surface area (Å²) in [6, 6.07) is 0. The van der Waals surface area contributed by atoms with Gasteiger partial charge in [0.2, 0.25) is 5.24 Å². The van der Waals surface area contributed by atoms with E-state index in [9.17, 15) is 9.18 Å². The Morgan fingerprint density at radius 2 is 2.09 bits per heavy atom. The zero-order valence-corrected chi connectivity index (χ0v) is 6.98. The zero-order valence-electron chi connectivity index (χ0n) is 6.22. The molecule has 4 heteroatoms. The topological polar surface area (TPSA) is 20.3 Å². The molecule has 0 aromatic carbocycles. The minimum absolute atomic E-state index is 0.0422. The van der Waals surface area contributed by atoms with Crippen LogP contribution in [-0.2, 0) is 4.79 Å². The summed E-state index contributed by atoms with van der Waals surface area (Å²) in [5, 5.41) is -0.275. The van der Waals surface area contributed by atoms with Crippen LogP contribution in [0.2, 0.25) is 0 Å². The summed E-state index contributed by atoms with van der Waals surface area (Å²) in [5.74, 6) is -0.0422. The molecule has 11 heavy (non-hydrogen) atoms. The van der Waals surface area contributed by atoms with E-state index in [0.717, 1.165) is 0 Å². The molecular weight excluding hydrogens is 169 g/mol. The van der Waals surface area contributed by atoms with E-state index < -0.39 is 6.80 Å². The van der Waals surface area contributed by atoms with Crippen LogP contribution in [0.1, 0.15) is 12.8 Å². The van der Waals surface area contributed by atoms with Gasteiger partial charge in [-0.2, -0.15) is 0 Å². The number of carbonyl (C=O) groups is 1. The van der Waals surface area contributed by atoms with Gasteiger partial charge >= 0.3 is 0 Å². The Hall–Kier alpha value is -0.150. The van der Waals surface area contributed by atoms with Gasteiger partial charge in [-0.1, -0.05) is 0 Å². The lowest BCUT2D eigenvalue weighted by molar-refractivity contribution is -0.116. The summed E-state index contributed by atoms with van der Waals surface area (Å²) in [7, 11) is 0. The average molecular weight is 180 g/mol. The lowest BCUT2D eigenvalue weighted by atomic mass is 9.99. The van der Waals surface area contributed by atoms with Crippen LogP contribution in [0.15, 0.2) is 0 Å². The molecule has 1 fully saturated rings. The molecule has 0 amide bonds. The van der Waals surface area contributed by atoms with Gasteiger partial charge in [0.05, 0.1) is 0 Å². The Kier molecular flexibility index (Phi) is 3.27. The van der Waals surface area contributed by atoms with E-state index in [1.54, 1.807) is 4.90 Å². The van der Waals surface area contributed by atoms with E-state index in [1.165, 1.54) is 0 Å². The summed E-state index contributed by atoms with van der Waals surface area (Å²) in [4.78, 5) is 12.3. The van der Waals surface area contributed by atoms with Gasteiger partial charge in [0, 0.05) is 19.0 Å². The highest BCUT2D eigenvalue weighted by Crippen LogP contribution is 2.18. The van der Waals surface area contributed by atoms with Crippen LogP contribution in [0.5, 0.6) is 0 Å². The van der Waals surface area contributed by atoms with Crippen molar-refractivity contribution in [2.24, 2.45) is 5.92 Å². The SMILES string of the molecule is O=C(Cl)C1CCN(CF)CC1. The lowest BCUT2D eigenvalue weighted by Gasteiger charge is -2.27. The number of rotatable bonds is 2. The fraction of sp³-hybridized carbons (Fsp3) is 0.857. The van der Waals surface area contributed by atoms with Crippen LogP contribution in [0, 0.1) is 5.92 Å². The maximum absolute atomic E-state index is 12.0. The first kappa shape index (κ1) is 8.94. The van der Waals surface area contributed by atoms with Crippen molar-refractivity contribution in [3.8, 4) is 0 Å². The zero-order chi connectivity index (χ0) is 8.27. The summed E-state index contributed by atoms with van der Waals surface area (Å²) in [6.45, 7) is 0.891. The highest BCUT2D eigenvalue weighted by atomic mass is 35.5. The first-order chi connectivity index (χ1) is 5.24. The van der Waals surface area contributed by atoms with Crippen molar-refractivity contribution in [1.82, 2.24) is 4.90 Å². The highest BCUT2D eigenvalue weighted by molar-refractivity contribution is 6.63. The van der Waals surface area contributed by atoms with Crippen LogP contribution in [0.3, 0.4) is 0 Å². The standard InChI is InChI=1S/C7H11ClFNO/c8-7(11)6-1-3-10(5-9)4-2-6/h6H,1-5H2. The van der Waals surface area contributed by atoms with Crippen molar-refractivity contribution in [2.45, 2.75) is 12.8 Å². The summed E-state index contributed by atoms with van der Waals surface area (Å²) < 4.78 is 12.0. The number of likely N-dealkylation sites (tertiary alicyclic amines) is 1. The summed E-state index contributed by atoms with van der Waals surface area (Å²) in [5.41, 5.74) is 0. The predicted octanol–water partition coefficient (Wildman–Crippen LogP) is 1.39. The van der Waals surface area contributed by atoms with Crippen molar-refractivity contribution in [1.29, 1.82) is 0 Å². The lowest BCUT2D eigenvalue weighted by Crippen LogP contribution is -2.34. The molecular formula is C7H11ClFNO. The van der Waals surface area contributed by atoms with Crippen molar-refractivity contribution in [3.63, 3.8) is 0 Å². The number of nitrogens with zero attached hydrogens (tertiary/aromatic N) is 1. The summed E-state index contributed by atoms with van der Waals surface area (Å²) in [6.07, 6.45) is 1.40. The molecule has 1 aliphatic rings. The molecule has 0 saturated carbocycles. The smallest absolute Gasteiger partial charge is 0.224 e. The Morgan fingerprint density at radius 3 is 2.45 bits per heavy atom. The number of carbonyl (C=O) groups excluding carboxylic acids is 1. The van der Waals surface area contributed by atoms with E-state index in [1.807, 2.05) is 0 Å². The Morgan fingerprint density at radius 1 is 1.55 bits per heavy atom. The number of hydrogen-bond donors (Lipinski definition) is 0. The van der Waals surface area contributed by atoms with Crippen LogP contribution < -0.4 is 0 Å². The third kappa shape index (κ3) is 2.42. The fourth-order valence-electron chi connectivity index (χ4n) is 1.28. The third-order valence-electron chi connectivity index (χ3n) is 2.08. The van der Waals surface area contributed by atoms with Crippen molar-refractivity contribution in [3.05, 3.63) is 0 Å². The molecule has 2 nitrogen and oxygen atoms in total. The Balaban J connectivity index is 2.30. The number of hydrogen-bond acceptors (Lipinski definition) is 2. The van der Waals surface area contributed by atoms with Gasteiger partial charge in [-0.05, 0) is 24.4 Å². The molecule has 1 heterocycles. The largest absolute Gasteiger partial charge is 0.281 e. The van der Waals surface area contributed by atoms with Gasteiger partial charge in [-0.15, -0.1) is 0 Å². The molecule has 0 radical (unpaired) electrons. The monoisotopic (exact) mass is 179 g/mol. The Labute approximate surface area is 70.3 Å². The molecule has 0 aliphatic carbocycles. The number of piperidine rings is 1. The molecule has 0 spiro atoms. The minimum Gasteiger partial charge on any atom is -0.281 e. The molecule has 0 aromatic rings. The van der Waals surface area contributed by atoms with Crippen molar-refractivity contribution in [2.75, 3.05) is 19.9 Å². The second-order valence-electron chi connectivity index (χ2n) is 2.82. The molecule has 0 aromatic heterocycles. The molecule has 0 bridgehead atoms. The molecule has 1 aliphatic heterocycles. The molecule has 64 valence electrons.